The lowest BCUT2D eigenvalue weighted by Gasteiger charge is -2.31. The maximum atomic E-state index is 14.0. The Bertz CT molecular complexity index is 1400. The first-order valence-corrected chi connectivity index (χ1v) is 13.3. The molecule has 0 aliphatic heterocycles. The minimum atomic E-state index is -4.14. The monoisotopic (exact) mass is 517 g/mol. The highest BCUT2D eigenvalue weighted by molar-refractivity contribution is 7.87. The third-order valence-electron chi connectivity index (χ3n) is 5.98. The zero-order valence-electron chi connectivity index (χ0n) is 20.6. The van der Waals surface area contributed by atoms with Gasteiger partial charge in [-0.05, 0) is 66.9 Å². The van der Waals surface area contributed by atoms with Gasteiger partial charge in [0, 0.05) is 12.6 Å². The van der Waals surface area contributed by atoms with Crippen molar-refractivity contribution in [3.8, 4) is 5.75 Å². The van der Waals surface area contributed by atoms with Crippen molar-refractivity contribution >= 4 is 16.0 Å². The maximum absolute atomic E-state index is 14.0. The fourth-order valence-electron chi connectivity index (χ4n) is 4.12. The van der Waals surface area contributed by atoms with E-state index in [-0.39, 0.29) is 29.1 Å². The normalized spacial score (nSPS) is 11.5. The Kier molecular flexibility index (Phi) is 8.04. The summed E-state index contributed by atoms with van der Waals surface area (Å²) < 4.78 is 43.8. The van der Waals surface area contributed by atoms with Crippen LogP contribution in [-0.2, 0) is 21.5 Å². The summed E-state index contributed by atoms with van der Waals surface area (Å²) >= 11 is 0. The van der Waals surface area contributed by atoms with Crippen molar-refractivity contribution in [2.45, 2.75) is 37.2 Å². The van der Waals surface area contributed by atoms with Crippen LogP contribution in [0.4, 0.5) is 4.39 Å². The molecule has 0 bridgehead atoms. The van der Waals surface area contributed by atoms with Crippen LogP contribution in [0.5, 0.6) is 5.75 Å². The molecule has 0 radical (unpaired) electrons. The minimum absolute atomic E-state index is 0.0577. The third-order valence-corrected chi connectivity index (χ3v) is 7.24. The van der Waals surface area contributed by atoms with Gasteiger partial charge in [0.25, 0.3) is 0 Å². The average Bonchev–Trinajstić information content (AvgIpc) is 2.89. The van der Waals surface area contributed by atoms with Crippen LogP contribution in [0.1, 0.15) is 36.5 Å². The molecule has 0 aliphatic carbocycles. The molecule has 0 saturated carbocycles. The molecule has 0 aliphatic rings. The van der Waals surface area contributed by atoms with Gasteiger partial charge in [0.2, 0.25) is 5.91 Å². The van der Waals surface area contributed by atoms with Crippen molar-refractivity contribution in [1.29, 1.82) is 0 Å². The second kappa shape index (κ2) is 11.4. The van der Waals surface area contributed by atoms with Crippen LogP contribution in [0.15, 0.2) is 114 Å². The number of halogens is 1. The SMILES string of the molecule is CC(C)N(Cc1cccc(OS(=O)(=O)c2ccc(F)cc2)c1)C(=O)C(c1ccccc1)c1ccccc1. The van der Waals surface area contributed by atoms with E-state index in [4.69, 9.17) is 4.18 Å². The molecule has 0 spiro atoms. The highest BCUT2D eigenvalue weighted by Crippen LogP contribution is 2.29. The summed E-state index contributed by atoms with van der Waals surface area (Å²) in [7, 11) is -4.14. The van der Waals surface area contributed by atoms with Crippen molar-refractivity contribution in [3.05, 3.63) is 132 Å². The van der Waals surface area contributed by atoms with Gasteiger partial charge in [-0.1, -0.05) is 72.8 Å². The number of hydrogen-bond acceptors (Lipinski definition) is 4. The molecule has 0 aromatic heterocycles. The standard InChI is InChI=1S/C30H28FNO4S/c1-22(2)32(30(33)29(24-11-5-3-6-12-24)25-13-7-4-8-14-25)21-23-10-9-15-27(20-23)36-37(34,35)28-18-16-26(31)17-19-28/h3-20,22,29H,21H2,1-2H3. The van der Waals surface area contributed by atoms with Crippen LogP contribution in [0.3, 0.4) is 0 Å². The number of benzene rings is 4. The molecule has 4 aromatic rings. The number of amides is 1. The molecular weight excluding hydrogens is 489 g/mol. The Morgan fingerprint density at radius 1 is 0.811 bits per heavy atom. The van der Waals surface area contributed by atoms with Crippen molar-refractivity contribution in [3.63, 3.8) is 0 Å². The summed E-state index contributed by atoms with van der Waals surface area (Å²) in [5.41, 5.74) is 2.51. The van der Waals surface area contributed by atoms with Gasteiger partial charge < -0.3 is 9.08 Å². The quantitative estimate of drug-likeness (QED) is 0.249. The maximum Gasteiger partial charge on any atom is 0.339 e. The summed E-state index contributed by atoms with van der Waals surface area (Å²) in [5.74, 6) is -0.968. The van der Waals surface area contributed by atoms with E-state index in [9.17, 15) is 17.6 Å². The number of rotatable bonds is 9. The van der Waals surface area contributed by atoms with Crippen molar-refractivity contribution < 1.29 is 21.8 Å². The van der Waals surface area contributed by atoms with E-state index >= 15 is 0 Å². The lowest BCUT2D eigenvalue weighted by molar-refractivity contribution is -0.134. The van der Waals surface area contributed by atoms with Crippen molar-refractivity contribution in [1.82, 2.24) is 4.90 Å². The van der Waals surface area contributed by atoms with E-state index in [0.717, 1.165) is 35.4 Å². The fraction of sp³-hybridized carbons (Fsp3) is 0.167. The Labute approximate surface area is 217 Å². The van der Waals surface area contributed by atoms with E-state index in [1.807, 2.05) is 80.6 Å². The molecule has 7 heteroatoms. The Morgan fingerprint density at radius 3 is 1.92 bits per heavy atom. The van der Waals surface area contributed by atoms with Crippen LogP contribution < -0.4 is 4.18 Å². The molecule has 0 unspecified atom stereocenters. The summed E-state index contributed by atoms with van der Waals surface area (Å²) in [6.07, 6.45) is 0. The zero-order chi connectivity index (χ0) is 26.4. The molecule has 0 heterocycles. The van der Waals surface area contributed by atoms with E-state index in [0.29, 0.717) is 5.56 Å². The molecular formula is C30H28FNO4S. The lowest BCUT2D eigenvalue weighted by atomic mass is 9.89. The second-order valence-corrected chi connectivity index (χ2v) is 10.5. The van der Waals surface area contributed by atoms with E-state index in [2.05, 4.69) is 0 Å². The Hall–Kier alpha value is -3.97. The topological polar surface area (TPSA) is 63.7 Å². The molecule has 0 atom stereocenters. The Morgan fingerprint density at radius 2 is 1.38 bits per heavy atom. The summed E-state index contributed by atoms with van der Waals surface area (Å²) in [6, 6.07) is 30.2. The van der Waals surface area contributed by atoms with Gasteiger partial charge in [-0.2, -0.15) is 8.42 Å². The summed E-state index contributed by atoms with van der Waals surface area (Å²) in [6.45, 7) is 4.16. The number of nitrogens with zero attached hydrogens (tertiary/aromatic N) is 1. The van der Waals surface area contributed by atoms with Gasteiger partial charge in [0.05, 0.1) is 5.92 Å². The molecule has 190 valence electrons. The summed E-state index contributed by atoms with van der Waals surface area (Å²) in [4.78, 5) is 15.6. The largest absolute Gasteiger partial charge is 0.379 e. The third kappa shape index (κ3) is 6.43. The Balaban J connectivity index is 1.60. The molecule has 0 fully saturated rings. The van der Waals surface area contributed by atoms with E-state index in [1.54, 1.807) is 17.0 Å². The smallest absolute Gasteiger partial charge is 0.339 e. The molecule has 1 amide bonds. The van der Waals surface area contributed by atoms with Crippen molar-refractivity contribution in [2.24, 2.45) is 0 Å². The molecule has 0 saturated heterocycles. The van der Waals surface area contributed by atoms with Gasteiger partial charge >= 0.3 is 10.1 Å². The van der Waals surface area contributed by atoms with E-state index < -0.39 is 21.9 Å². The number of carbonyl (C=O) groups is 1. The van der Waals surface area contributed by atoms with E-state index in [1.165, 1.54) is 6.07 Å². The van der Waals surface area contributed by atoms with Gasteiger partial charge in [0.1, 0.15) is 16.5 Å². The second-order valence-electron chi connectivity index (χ2n) is 8.95. The first kappa shape index (κ1) is 26.1. The molecule has 0 N–H and O–H groups in total. The lowest BCUT2D eigenvalue weighted by Crippen LogP contribution is -2.40. The first-order chi connectivity index (χ1) is 17.7. The molecule has 4 aromatic carbocycles. The molecule has 37 heavy (non-hydrogen) atoms. The van der Waals surface area contributed by atoms with Crippen LogP contribution in [0.25, 0.3) is 0 Å². The first-order valence-electron chi connectivity index (χ1n) is 11.9. The van der Waals surface area contributed by atoms with Gasteiger partial charge in [-0.15, -0.1) is 0 Å². The van der Waals surface area contributed by atoms with Gasteiger partial charge in [-0.25, -0.2) is 4.39 Å². The van der Waals surface area contributed by atoms with Crippen molar-refractivity contribution in [2.75, 3.05) is 0 Å². The minimum Gasteiger partial charge on any atom is -0.379 e. The summed E-state index contributed by atoms with van der Waals surface area (Å²) in [5, 5.41) is 0. The zero-order valence-corrected chi connectivity index (χ0v) is 21.4. The fourth-order valence-corrected chi connectivity index (χ4v) is 5.04. The van der Waals surface area contributed by atoms with Crippen LogP contribution in [-0.4, -0.2) is 25.3 Å². The molecule has 5 nitrogen and oxygen atoms in total. The van der Waals surface area contributed by atoms with Gasteiger partial charge in [0.15, 0.2) is 0 Å². The molecule has 4 rings (SSSR count). The average molecular weight is 518 g/mol. The highest BCUT2D eigenvalue weighted by atomic mass is 32.2. The predicted molar refractivity (Wildman–Crippen MR) is 141 cm³/mol. The number of hydrogen-bond donors (Lipinski definition) is 0. The van der Waals surface area contributed by atoms with Crippen LogP contribution in [0.2, 0.25) is 0 Å². The van der Waals surface area contributed by atoms with Crippen LogP contribution in [0, 0.1) is 5.82 Å². The predicted octanol–water partition coefficient (Wildman–Crippen LogP) is 6.16. The van der Waals surface area contributed by atoms with Crippen LogP contribution >= 0.6 is 0 Å². The number of carbonyl (C=O) groups excluding carboxylic acids is 1. The van der Waals surface area contributed by atoms with Gasteiger partial charge in [-0.3, -0.25) is 4.79 Å². The highest BCUT2D eigenvalue weighted by Gasteiger charge is 2.29.